The molecule has 1 atom stereocenters. The summed E-state index contributed by atoms with van der Waals surface area (Å²) in [6, 6.07) is 2.52. The van der Waals surface area contributed by atoms with E-state index in [4.69, 9.17) is 0 Å². The lowest BCUT2D eigenvalue weighted by Gasteiger charge is -2.29. The SMILES string of the molecule is CCC(NC1=C(Nc2cccc(C=O)c2O)C(=O)C1)C(F)(F)F. The Labute approximate surface area is 130 Å². The van der Waals surface area contributed by atoms with Crippen LogP contribution in [0.5, 0.6) is 5.75 Å². The van der Waals surface area contributed by atoms with Crippen LogP contribution in [0.3, 0.4) is 0 Å². The molecular weight excluding hydrogens is 313 g/mol. The van der Waals surface area contributed by atoms with Gasteiger partial charge in [-0.15, -0.1) is 0 Å². The molecule has 23 heavy (non-hydrogen) atoms. The number of benzene rings is 1. The first-order valence-electron chi connectivity index (χ1n) is 6.91. The van der Waals surface area contributed by atoms with Crippen molar-refractivity contribution in [3.05, 3.63) is 35.2 Å². The lowest BCUT2D eigenvalue weighted by Crippen LogP contribution is -2.45. The van der Waals surface area contributed by atoms with Crippen LogP contribution in [0, 0.1) is 0 Å². The van der Waals surface area contributed by atoms with Gasteiger partial charge >= 0.3 is 6.18 Å². The molecule has 0 aliphatic heterocycles. The maximum atomic E-state index is 12.8. The number of ketones is 1. The van der Waals surface area contributed by atoms with E-state index in [1.807, 2.05) is 0 Å². The highest BCUT2D eigenvalue weighted by molar-refractivity contribution is 6.07. The predicted octanol–water partition coefficient (Wildman–Crippen LogP) is 2.73. The van der Waals surface area contributed by atoms with Crippen molar-refractivity contribution in [3.8, 4) is 5.75 Å². The van der Waals surface area contributed by atoms with Gasteiger partial charge in [0.05, 0.1) is 17.7 Å². The Morgan fingerprint density at radius 1 is 1.39 bits per heavy atom. The number of Topliss-reactive ketones (excluding diaryl/α,β-unsaturated/α-hetero) is 1. The molecule has 5 nitrogen and oxygen atoms in total. The van der Waals surface area contributed by atoms with Crippen molar-refractivity contribution in [2.24, 2.45) is 0 Å². The number of aromatic hydroxyl groups is 1. The quantitative estimate of drug-likeness (QED) is 0.553. The molecule has 8 heteroatoms. The maximum absolute atomic E-state index is 12.8. The molecule has 1 aromatic rings. The molecule has 0 radical (unpaired) electrons. The molecule has 0 saturated carbocycles. The number of halogens is 3. The molecule has 1 aromatic carbocycles. The van der Waals surface area contributed by atoms with Crippen LogP contribution >= 0.6 is 0 Å². The molecule has 1 aliphatic carbocycles. The van der Waals surface area contributed by atoms with Gasteiger partial charge in [0.1, 0.15) is 17.5 Å². The summed E-state index contributed by atoms with van der Waals surface area (Å²) in [5, 5.41) is 14.8. The van der Waals surface area contributed by atoms with Gasteiger partial charge in [0.2, 0.25) is 0 Å². The molecule has 0 aromatic heterocycles. The summed E-state index contributed by atoms with van der Waals surface area (Å²) in [6.45, 7) is 1.39. The lowest BCUT2D eigenvalue weighted by molar-refractivity contribution is -0.155. The summed E-state index contributed by atoms with van der Waals surface area (Å²) >= 11 is 0. The predicted molar refractivity (Wildman–Crippen MR) is 77.0 cm³/mol. The molecule has 124 valence electrons. The van der Waals surface area contributed by atoms with Crippen LogP contribution in [0.2, 0.25) is 0 Å². The second-order valence-electron chi connectivity index (χ2n) is 5.09. The third-order valence-electron chi connectivity index (χ3n) is 3.52. The largest absolute Gasteiger partial charge is 0.505 e. The van der Waals surface area contributed by atoms with Crippen molar-refractivity contribution >= 4 is 17.8 Å². The molecule has 0 bridgehead atoms. The van der Waals surface area contributed by atoms with Crippen LogP contribution < -0.4 is 10.6 Å². The van der Waals surface area contributed by atoms with Crippen molar-refractivity contribution < 1.29 is 27.9 Å². The van der Waals surface area contributed by atoms with Crippen molar-refractivity contribution in [2.45, 2.75) is 32.0 Å². The van der Waals surface area contributed by atoms with Gasteiger partial charge < -0.3 is 15.7 Å². The number of rotatable bonds is 6. The summed E-state index contributed by atoms with van der Waals surface area (Å²) < 4.78 is 38.4. The summed E-state index contributed by atoms with van der Waals surface area (Å²) in [7, 11) is 0. The summed E-state index contributed by atoms with van der Waals surface area (Å²) in [4.78, 5) is 22.4. The fraction of sp³-hybridized carbons (Fsp3) is 0.333. The highest BCUT2D eigenvalue weighted by Crippen LogP contribution is 2.32. The smallest absolute Gasteiger partial charge is 0.408 e. The monoisotopic (exact) mass is 328 g/mol. The van der Waals surface area contributed by atoms with Gasteiger partial charge in [0.15, 0.2) is 12.1 Å². The topological polar surface area (TPSA) is 78.4 Å². The molecule has 2 rings (SSSR count). The van der Waals surface area contributed by atoms with Crippen molar-refractivity contribution in [3.63, 3.8) is 0 Å². The average Bonchev–Trinajstić information content (AvgIpc) is 2.48. The van der Waals surface area contributed by atoms with E-state index in [9.17, 15) is 27.9 Å². The molecule has 1 aliphatic rings. The molecule has 3 N–H and O–H groups in total. The number of alkyl halides is 3. The zero-order valence-corrected chi connectivity index (χ0v) is 12.2. The van der Waals surface area contributed by atoms with E-state index in [0.29, 0.717) is 6.29 Å². The minimum atomic E-state index is -4.43. The third kappa shape index (κ3) is 3.46. The number of phenolic OH excluding ortho intramolecular Hbond substituents is 1. The van der Waals surface area contributed by atoms with Crippen molar-refractivity contribution in [1.29, 1.82) is 0 Å². The van der Waals surface area contributed by atoms with Gasteiger partial charge in [-0.1, -0.05) is 13.0 Å². The maximum Gasteiger partial charge on any atom is 0.408 e. The number of allylic oxidation sites excluding steroid dienone is 2. The van der Waals surface area contributed by atoms with Crippen LogP contribution in [0.1, 0.15) is 30.1 Å². The van der Waals surface area contributed by atoms with Crippen LogP contribution in [-0.4, -0.2) is 29.4 Å². The second-order valence-corrected chi connectivity index (χ2v) is 5.09. The van der Waals surface area contributed by atoms with Gasteiger partial charge in [-0.05, 0) is 18.6 Å². The number of hydrogen-bond acceptors (Lipinski definition) is 5. The fourth-order valence-electron chi connectivity index (χ4n) is 2.18. The van der Waals surface area contributed by atoms with E-state index in [2.05, 4.69) is 10.6 Å². The van der Waals surface area contributed by atoms with Crippen LogP contribution in [-0.2, 0) is 4.79 Å². The Morgan fingerprint density at radius 2 is 2.09 bits per heavy atom. The van der Waals surface area contributed by atoms with E-state index in [1.54, 1.807) is 0 Å². The first-order chi connectivity index (χ1) is 10.8. The number of hydrogen-bond donors (Lipinski definition) is 3. The average molecular weight is 328 g/mol. The Hall–Kier alpha value is -2.51. The number of carbonyl (C=O) groups excluding carboxylic acids is 2. The summed E-state index contributed by atoms with van der Waals surface area (Å²) in [5.74, 6) is -0.739. The number of carbonyl (C=O) groups is 2. The van der Waals surface area contributed by atoms with E-state index in [-0.39, 0.29) is 47.0 Å². The summed E-state index contributed by atoms with van der Waals surface area (Å²) in [6.07, 6.45) is -4.30. The minimum Gasteiger partial charge on any atom is -0.505 e. The third-order valence-corrected chi connectivity index (χ3v) is 3.52. The number of anilines is 1. The van der Waals surface area contributed by atoms with E-state index in [0.717, 1.165) is 0 Å². The molecule has 1 unspecified atom stereocenters. The van der Waals surface area contributed by atoms with Gasteiger partial charge in [0, 0.05) is 5.70 Å². The second kappa shape index (κ2) is 6.31. The van der Waals surface area contributed by atoms with E-state index in [1.165, 1.54) is 25.1 Å². The number of phenols is 1. The van der Waals surface area contributed by atoms with Gasteiger partial charge in [-0.2, -0.15) is 13.2 Å². The minimum absolute atomic E-state index is 0.0126. The standard InChI is InChI=1S/C15H15F3N2O3/c1-2-12(15(16,17)18)19-10-6-11(22)13(10)20-9-5-3-4-8(7-21)14(9)23/h3-5,7,12,19-20,23H,2,6H2,1H3. The first kappa shape index (κ1) is 16.9. The molecule has 0 heterocycles. The first-order valence-corrected chi connectivity index (χ1v) is 6.91. The Kier molecular flexibility index (Phi) is 4.63. The Morgan fingerprint density at radius 3 is 2.61 bits per heavy atom. The summed E-state index contributed by atoms with van der Waals surface area (Å²) in [5.41, 5.74) is 0.191. The normalized spacial score (nSPS) is 15.9. The molecule has 0 fully saturated rings. The zero-order valence-electron chi connectivity index (χ0n) is 12.2. The Balaban J connectivity index is 2.24. The number of aldehydes is 1. The lowest BCUT2D eigenvalue weighted by atomic mass is 9.97. The Bertz CT molecular complexity index is 668. The van der Waals surface area contributed by atoms with Crippen LogP contribution in [0.25, 0.3) is 0 Å². The number of para-hydroxylation sites is 1. The molecule has 0 saturated heterocycles. The molecule has 0 spiro atoms. The van der Waals surface area contributed by atoms with Crippen molar-refractivity contribution in [1.82, 2.24) is 5.32 Å². The van der Waals surface area contributed by atoms with E-state index < -0.39 is 12.2 Å². The fourth-order valence-corrected chi connectivity index (χ4v) is 2.18. The molecular formula is C15H15F3N2O3. The van der Waals surface area contributed by atoms with E-state index >= 15 is 0 Å². The highest BCUT2D eigenvalue weighted by atomic mass is 19.4. The van der Waals surface area contributed by atoms with Crippen molar-refractivity contribution in [2.75, 3.05) is 5.32 Å². The van der Waals surface area contributed by atoms with Crippen LogP contribution in [0.15, 0.2) is 29.6 Å². The molecule has 0 amide bonds. The van der Waals surface area contributed by atoms with Gasteiger partial charge in [-0.25, -0.2) is 0 Å². The zero-order chi connectivity index (χ0) is 17.2. The number of nitrogens with one attached hydrogen (secondary N) is 2. The van der Waals surface area contributed by atoms with Gasteiger partial charge in [0.25, 0.3) is 0 Å². The highest BCUT2D eigenvalue weighted by Gasteiger charge is 2.41. The van der Waals surface area contributed by atoms with Crippen LogP contribution in [0.4, 0.5) is 18.9 Å². The van der Waals surface area contributed by atoms with Gasteiger partial charge in [-0.3, -0.25) is 9.59 Å².